The van der Waals surface area contributed by atoms with E-state index in [1.807, 2.05) is 35.0 Å². The molecule has 1 heterocycles. The lowest BCUT2D eigenvalue weighted by Crippen LogP contribution is -2.27. The molecule has 4 heteroatoms. The summed E-state index contributed by atoms with van der Waals surface area (Å²) in [6, 6.07) is 9.65. The summed E-state index contributed by atoms with van der Waals surface area (Å²) in [5.74, 6) is 0. The first-order chi connectivity index (χ1) is 8.57. The molecule has 1 N–H and O–H groups in total. The molecule has 0 bridgehead atoms. The highest BCUT2D eigenvalue weighted by molar-refractivity contribution is 9.10. The fourth-order valence-corrected chi connectivity index (χ4v) is 2.81. The summed E-state index contributed by atoms with van der Waals surface area (Å²) in [6.45, 7) is 4.69. The molecule has 0 aliphatic heterocycles. The first-order valence-corrected chi connectivity index (χ1v) is 6.86. The maximum Gasteiger partial charge on any atom is 0.129 e. The van der Waals surface area contributed by atoms with Gasteiger partial charge in [0.15, 0.2) is 0 Å². The molecule has 0 radical (unpaired) electrons. The van der Waals surface area contributed by atoms with Crippen molar-refractivity contribution in [3.63, 3.8) is 0 Å². The van der Waals surface area contributed by atoms with Crippen LogP contribution >= 0.6 is 15.9 Å². The number of aromatic nitrogens is 2. The minimum atomic E-state index is -1.05. The molecule has 1 aromatic heterocycles. The highest BCUT2D eigenvalue weighted by Crippen LogP contribution is 2.33. The summed E-state index contributed by atoms with van der Waals surface area (Å²) < 4.78 is 2.70. The first-order valence-electron chi connectivity index (χ1n) is 6.07. The fraction of sp³-hybridized carbons (Fsp3) is 0.357. The number of rotatable bonds is 4. The molecule has 0 saturated heterocycles. The van der Waals surface area contributed by atoms with E-state index in [1.165, 1.54) is 0 Å². The summed E-state index contributed by atoms with van der Waals surface area (Å²) in [5, 5.41) is 15.2. The average molecular weight is 309 g/mol. The largest absolute Gasteiger partial charge is 0.379 e. The van der Waals surface area contributed by atoms with Crippen molar-refractivity contribution in [2.45, 2.75) is 32.4 Å². The van der Waals surface area contributed by atoms with Crippen LogP contribution in [0.3, 0.4) is 0 Å². The van der Waals surface area contributed by atoms with Gasteiger partial charge in [-0.25, -0.2) is 0 Å². The van der Waals surface area contributed by atoms with E-state index in [9.17, 15) is 5.11 Å². The summed E-state index contributed by atoms with van der Waals surface area (Å²) >= 11 is 3.48. The van der Waals surface area contributed by atoms with Crippen LogP contribution in [0.4, 0.5) is 0 Å². The number of halogens is 1. The number of hydrogen-bond donors (Lipinski definition) is 1. The van der Waals surface area contributed by atoms with E-state index in [1.54, 1.807) is 13.1 Å². The number of aryl methyl sites for hydroxylation is 1. The molecule has 0 spiro atoms. The van der Waals surface area contributed by atoms with Crippen molar-refractivity contribution >= 4 is 15.9 Å². The van der Waals surface area contributed by atoms with Crippen molar-refractivity contribution in [1.29, 1.82) is 0 Å². The monoisotopic (exact) mass is 308 g/mol. The Balaban J connectivity index is 2.50. The van der Waals surface area contributed by atoms with Gasteiger partial charge < -0.3 is 5.11 Å². The quantitative estimate of drug-likeness (QED) is 0.941. The van der Waals surface area contributed by atoms with Gasteiger partial charge in [-0.15, -0.1) is 0 Å². The van der Waals surface area contributed by atoms with Crippen LogP contribution in [0.15, 0.2) is 41.0 Å². The van der Waals surface area contributed by atoms with Crippen LogP contribution in [-0.4, -0.2) is 14.9 Å². The third-order valence-electron chi connectivity index (χ3n) is 3.03. The zero-order chi connectivity index (χ0) is 13.2. The Labute approximate surface area is 116 Å². The van der Waals surface area contributed by atoms with Crippen molar-refractivity contribution in [2.75, 3.05) is 0 Å². The lowest BCUT2D eigenvalue weighted by Gasteiger charge is -2.25. The zero-order valence-corrected chi connectivity index (χ0v) is 12.2. The summed E-state index contributed by atoms with van der Waals surface area (Å²) in [6.07, 6.45) is 2.72. The summed E-state index contributed by atoms with van der Waals surface area (Å²) in [7, 11) is 0. The summed E-state index contributed by atoms with van der Waals surface area (Å²) in [4.78, 5) is 0. The smallest absolute Gasteiger partial charge is 0.129 e. The van der Waals surface area contributed by atoms with E-state index in [0.29, 0.717) is 0 Å². The molecular weight excluding hydrogens is 292 g/mol. The van der Waals surface area contributed by atoms with Gasteiger partial charge in [0.2, 0.25) is 0 Å². The molecule has 2 rings (SSSR count). The lowest BCUT2D eigenvalue weighted by molar-refractivity contribution is 0.0906. The maximum absolute atomic E-state index is 10.8. The highest BCUT2D eigenvalue weighted by Gasteiger charge is 2.31. The van der Waals surface area contributed by atoms with E-state index < -0.39 is 5.60 Å². The Morgan fingerprint density at radius 1 is 1.33 bits per heavy atom. The van der Waals surface area contributed by atoms with Crippen LogP contribution in [-0.2, 0) is 12.1 Å². The third-order valence-corrected chi connectivity index (χ3v) is 3.61. The molecule has 18 heavy (non-hydrogen) atoms. The van der Waals surface area contributed by atoms with Gasteiger partial charge in [-0.2, -0.15) is 5.10 Å². The molecule has 0 aliphatic rings. The standard InChI is InChI=1S/C14H17BrN2O/c1-3-9-17-13(12(15)10-16-17)14(2,18)11-7-5-4-6-8-11/h4-8,10,18H,3,9H2,1-2H3. The van der Waals surface area contributed by atoms with Crippen LogP contribution < -0.4 is 0 Å². The van der Waals surface area contributed by atoms with E-state index in [0.717, 1.165) is 28.7 Å². The van der Waals surface area contributed by atoms with Gasteiger partial charge >= 0.3 is 0 Å². The van der Waals surface area contributed by atoms with E-state index in [-0.39, 0.29) is 0 Å². The number of benzene rings is 1. The van der Waals surface area contributed by atoms with Gasteiger partial charge in [-0.3, -0.25) is 4.68 Å². The van der Waals surface area contributed by atoms with Gasteiger partial charge in [-0.1, -0.05) is 37.3 Å². The van der Waals surface area contributed by atoms with Crippen molar-refractivity contribution in [1.82, 2.24) is 9.78 Å². The normalized spacial score (nSPS) is 14.4. The lowest BCUT2D eigenvalue weighted by atomic mass is 9.92. The Morgan fingerprint density at radius 3 is 2.61 bits per heavy atom. The molecule has 1 aromatic carbocycles. The van der Waals surface area contributed by atoms with Gasteiger partial charge in [0, 0.05) is 6.54 Å². The number of nitrogens with zero attached hydrogens (tertiary/aromatic N) is 2. The molecule has 2 aromatic rings. The van der Waals surface area contributed by atoms with Gasteiger partial charge in [0.05, 0.1) is 16.4 Å². The van der Waals surface area contributed by atoms with E-state index >= 15 is 0 Å². The molecule has 1 atom stereocenters. The van der Waals surface area contributed by atoms with Crippen LogP contribution in [0.1, 0.15) is 31.5 Å². The van der Waals surface area contributed by atoms with Gasteiger partial charge in [0.1, 0.15) is 5.60 Å². The topological polar surface area (TPSA) is 38.0 Å². The molecule has 0 amide bonds. The minimum Gasteiger partial charge on any atom is -0.379 e. The molecule has 0 saturated carbocycles. The number of hydrogen-bond acceptors (Lipinski definition) is 2. The van der Waals surface area contributed by atoms with Crippen molar-refractivity contribution < 1.29 is 5.11 Å². The molecule has 1 unspecified atom stereocenters. The van der Waals surface area contributed by atoms with Crippen LogP contribution in [0.5, 0.6) is 0 Å². The first kappa shape index (κ1) is 13.3. The second-order valence-electron chi connectivity index (χ2n) is 4.50. The highest BCUT2D eigenvalue weighted by atomic mass is 79.9. The van der Waals surface area contributed by atoms with E-state index in [4.69, 9.17) is 0 Å². The molecule has 0 fully saturated rings. The Bertz CT molecular complexity index is 520. The molecule has 96 valence electrons. The predicted molar refractivity (Wildman–Crippen MR) is 75.3 cm³/mol. The maximum atomic E-state index is 10.8. The molecule has 0 aliphatic carbocycles. The van der Waals surface area contributed by atoms with Gasteiger partial charge in [0.25, 0.3) is 0 Å². The van der Waals surface area contributed by atoms with Crippen LogP contribution in [0, 0.1) is 0 Å². The third kappa shape index (κ3) is 2.35. The Hall–Kier alpha value is -1.13. The van der Waals surface area contributed by atoms with Crippen LogP contribution in [0.25, 0.3) is 0 Å². The minimum absolute atomic E-state index is 0.796. The second-order valence-corrected chi connectivity index (χ2v) is 5.36. The molecule has 3 nitrogen and oxygen atoms in total. The van der Waals surface area contributed by atoms with Gasteiger partial charge in [-0.05, 0) is 34.8 Å². The van der Waals surface area contributed by atoms with Crippen LogP contribution in [0.2, 0.25) is 0 Å². The molecular formula is C14H17BrN2O. The van der Waals surface area contributed by atoms with Crippen molar-refractivity contribution in [3.8, 4) is 0 Å². The fourth-order valence-electron chi connectivity index (χ4n) is 2.13. The Kier molecular flexibility index (Phi) is 3.88. The number of aliphatic hydroxyl groups is 1. The predicted octanol–water partition coefficient (Wildman–Crippen LogP) is 3.31. The Morgan fingerprint density at radius 2 is 2.00 bits per heavy atom. The average Bonchev–Trinajstić information content (AvgIpc) is 2.73. The van der Waals surface area contributed by atoms with Crippen molar-refractivity contribution in [3.05, 3.63) is 52.3 Å². The van der Waals surface area contributed by atoms with E-state index in [2.05, 4.69) is 28.0 Å². The SMILES string of the molecule is CCCn1ncc(Br)c1C(C)(O)c1ccccc1. The zero-order valence-electron chi connectivity index (χ0n) is 10.6. The second kappa shape index (κ2) is 5.24. The summed E-state index contributed by atoms with van der Waals surface area (Å²) in [5.41, 5.74) is 0.616. The van der Waals surface area contributed by atoms with Crippen molar-refractivity contribution in [2.24, 2.45) is 0 Å².